The monoisotopic (exact) mass is 510 g/mol. The zero-order valence-electron chi connectivity index (χ0n) is 19.7. The van der Waals surface area contributed by atoms with Crippen molar-refractivity contribution in [3.05, 3.63) is 18.2 Å². The van der Waals surface area contributed by atoms with Crippen molar-refractivity contribution >= 4 is 39.3 Å². The number of nitrogens with one attached hydrogen (secondary N) is 1. The first-order valence-corrected chi connectivity index (χ1v) is 14.4. The number of piperidine rings is 1. The fraction of sp³-hybridized carbons (Fsp3) is 0.652. The van der Waals surface area contributed by atoms with E-state index >= 15 is 0 Å². The number of sulfonamides is 1. The summed E-state index contributed by atoms with van der Waals surface area (Å²) < 4.78 is 32.8. The number of hydrogen-bond donors (Lipinski definition) is 1. The molecule has 1 aromatic rings. The molecule has 3 aliphatic heterocycles. The summed E-state index contributed by atoms with van der Waals surface area (Å²) in [7, 11) is -3.70. The van der Waals surface area contributed by atoms with Crippen molar-refractivity contribution in [2.24, 2.45) is 0 Å². The van der Waals surface area contributed by atoms with Crippen molar-refractivity contribution in [2.75, 3.05) is 63.1 Å². The van der Waals surface area contributed by atoms with Gasteiger partial charge in [-0.05, 0) is 50.9 Å². The van der Waals surface area contributed by atoms with Gasteiger partial charge in [0.2, 0.25) is 21.8 Å². The van der Waals surface area contributed by atoms with Gasteiger partial charge in [-0.2, -0.15) is 4.31 Å². The smallest absolute Gasteiger partial charge is 0.243 e. The Morgan fingerprint density at radius 3 is 2.76 bits per heavy atom. The van der Waals surface area contributed by atoms with Gasteiger partial charge in [-0.15, -0.1) is 11.8 Å². The zero-order valence-corrected chi connectivity index (χ0v) is 21.3. The van der Waals surface area contributed by atoms with E-state index < -0.39 is 10.0 Å². The first-order chi connectivity index (χ1) is 16.4. The molecule has 3 heterocycles. The van der Waals surface area contributed by atoms with Crippen LogP contribution >= 0.6 is 11.8 Å². The molecule has 0 unspecified atom stereocenters. The Kier molecular flexibility index (Phi) is 8.52. The summed E-state index contributed by atoms with van der Waals surface area (Å²) in [6.07, 6.45) is 4.60. The van der Waals surface area contributed by atoms with Crippen LogP contribution in [-0.2, 0) is 24.3 Å². The number of rotatable bonds is 8. The van der Waals surface area contributed by atoms with E-state index in [0.717, 1.165) is 24.4 Å². The molecule has 0 saturated carbocycles. The molecule has 188 valence electrons. The standard InChI is InChI=1S/C23H34N4O5S2/c1-18-5-2-3-9-25(18)10-4-8-24-22(28)16-27-20-15-19(6-7-21(20)33-17-23(27)29)34(30,31)26-11-13-32-14-12-26/h6-7,15,18H,2-5,8-14,16-17H2,1H3,(H,24,28)/t18-/m1/s1. The highest BCUT2D eigenvalue weighted by Crippen LogP contribution is 2.37. The molecule has 0 radical (unpaired) electrons. The van der Waals surface area contributed by atoms with E-state index in [9.17, 15) is 18.0 Å². The average molecular weight is 511 g/mol. The number of morpholine rings is 1. The van der Waals surface area contributed by atoms with Crippen LogP contribution in [0.5, 0.6) is 0 Å². The molecule has 34 heavy (non-hydrogen) atoms. The van der Waals surface area contributed by atoms with Crippen molar-refractivity contribution in [1.82, 2.24) is 14.5 Å². The number of likely N-dealkylation sites (tertiary alicyclic amines) is 1. The van der Waals surface area contributed by atoms with Crippen LogP contribution in [0.15, 0.2) is 28.0 Å². The van der Waals surface area contributed by atoms with Gasteiger partial charge < -0.3 is 19.9 Å². The number of thioether (sulfide) groups is 1. The number of ether oxygens (including phenoxy) is 1. The minimum absolute atomic E-state index is 0.117. The molecule has 0 bridgehead atoms. The number of nitrogens with zero attached hydrogens (tertiary/aromatic N) is 3. The third-order valence-electron chi connectivity index (χ3n) is 6.67. The van der Waals surface area contributed by atoms with E-state index in [-0.39, 0.29) is 29.0 Å². The van der Waals surface area contributed by atoms with Gasteiger partial charge in [0.05, 0.1) is 29.5 Å². The average Bonchev–Trinajstić information content (AvgIpc) is 2.85. The van der Waals surface area contributed by atoms with Gasteiger partial charge in [-0.3, -0.25) is 9.59 Å². The Bertz CT molecular complexity index is 997. The maximum absolute atomic E-state index is 13.1. The Balaban J connectivity index is 1.38. The lowest BCUT2D eigenvalue weighted by molar-refractivity contribution is -0.123. The highest BCUT2D eigenvalue weighted by atomic mass is 32.2. The molecule has 9 nitrogen and oxygen atoms in total. The van der Waals surface area contributed by atoms with Crippen molar-refractivity contribution in [1.29, 1.82) is 0 Å². The van der Waals surface area contributed by atoms with E-state index in [4.69, 9.17) is 4.74 Å². The molecule has 2 fully saturated rings. The first kappa shape index (κ1) is 25.4. The Morgan fingerprint density at radius 1 is 1.21 bits per heavy atom. The molecule has 2 amide bonds. The Labute approximate surface area is 206 Å². The van der Waals surface area contributed by atoms with Crippen LogP contribution in [0, 0.1) is 0 Å². The van der Waals surface area contributed by atoms with Crippen LogP contribution in [0.1, 0.15) is 32.6 Å². The van der Waals surface area contributed by atoms with Crippen molar-refractivity contribution in [3.8, 4) is 0 Å². The highest BCUT2D eigenvalue weighted by molar-refractivity contribution is 8.00. The van der Waals surface area contributed by atoms with E-state index in [1.807, 2.05) is 0 Å². The minimum Gasteiger partial charge on any atom is -0.379 e. The maximum atomic E-state index is 13.1. The predicted octanol–water partition coefficient (Wildman–Crippen LogP) is 1.53. The van der Waals surface area contributed by atoms with Crippen LogP contribution in [0.4, 0.5) is 5.69 Å². The molecular formula is C23H34N4O5S2. The number of anilines is 1. The summed E-state index contributed by atoms with van der Waals surface area (Å²) in [6, 6.07) is 5.42. The van der Waals surface area contributed by atoms with Crippen molar-refractivity contribution in [3.63, 3.8) is 0 Å². The van der Waals surface area contributed by atoms with Crippen LogP contribution in [-0.4, -0.2) is 93.7 Å². The molecule has 11 heteroatoms. The number of benzene rings is 1. The van der Waals surface area contributed by atoms with Gasteiger partial charge in [0.1, 0.15) is 6.54 Å². The summed E-state index contributed by atoms with van der Waals surface area (Å²) in [6.45, 7) is 6.08. The normalized spacial score (nSPS) is 22.4. The van der Waals surface area contributed by atoms with Gasteiger partial charge in [0.25, 0.3) is 0 Å². The van der Waals surface area contributed by atoms with Crippen LogP contribution in [0.25, 0.3) is 0 Å². The number of hydrogen-bond acceptors (Lipinski definition) is 7. The highest BCUT2D eigenvalue weighted by Gasteiger charge is 2.31. The van der Waals surface area contributed by atoms with Gasteiger partial charge >= 0.3 is 0 Å². The molecule has 0 aromatic heterocycles. The van der Waals surface area contributed by atoms with E-state index in [0.29, 0.717) is 44.6 Å². The molecular weight excluding hydrogens is 476 g/mol. The Hall–Kier alpha value is -1.66. The quantitative estimate of drug-likeness (QED) is 0.530. The SMILES string of the molecule is C[C@@H]1CCCCN1CCCNC(=O)CN1C(=O)CSc2ccc(S(=O)(=O)N3CCOCC3)cc21. The van der Waals surface area contributed by atoms with Crippen LogP contribution < -0.4 is 10.2 Å². The second-order valence-corrected chi connectivity index (χ2v) is 12.0. The lowest BCUT2D eigenvalue weighted by atomic mass is 10.0. The van der Waals surface area contributed by atoms with Crippen molar-refractivity contribution in [2.45, 2.75) is 48.4 Å². The fourth-order valence-electron chi connectivity index (χ4n) is 4.65. The first-order valence-electron chi connectivity index (χ1n) is 12.0. The Morgan fingerprint density at radius 2 is 2.00 bits per heavy atom. The van der Waals surface area contributed by atoms with Gasteiger partial charge in [0.15, 0.2) is 0 Å². The van der Waals surface area contributed by atoms with Gasteiger partial charge in [-0.1, -0.05) is 6.42 Å². The second-order valence-electron chi connectivity index (χ2n) is 9.00. The fourth-order valence-corrected chi connectivity index (χ4v) is 7.00. The van der Waals surface area contributed by atoms with Crippen molar-refractivity contribution < 1.29 is 22.7 Å². The minimum atomic E-state index is -3.70. The molecule has 2 saturated heterocycles. The van der Waals surface area contributed by atoms with E-state index in [1.54, 1.807) is 12.1 Å². The summed E-state index contributed by atoms with van der Waals surface area (Å²) in [4.78, 5) is 30.1. The van der Waals surface area contributed by atoms with Crippen LogP contribution in [0.2, 0.25) is 0 Å². The topological polar surface area (TPSA) is 99.3 Å². The number of amides is 2. The largest absolute Gasteiger partial charge is 0.379 e. The zero-order chi connectivity index (χ0) is 24.1. The summed E-state index contributed by atoms with van der Waals surface area (Å²) >= 11 is 1.36. The van der Waals surface area contributed by atoms with E-state index in [1.165, 1.54) is 46.3 Å². The summed E-state index contributed by atoms with van der Waals surface area (Å²) in [5.74, 6) is -0.210. The molecule has 3 aliphatic rings. The summed E-state index contributed by atoms with van der Waals surface area (Å²) in [5.41, 5.74) is 0.480. The second kappa shape index (κ2) is 11.4. The number of fused-ring (bicyclic) bond motifs is 1. The third-order valence-corrected chi connectivity index (χ3v) is 9.61. The molecule has 1 aromatic carbocycles. The van der Waals surface area contributed by atoms with Crippen LogP contribution in [0.3, 0.4) is 0 Å². The third kappa shape index (κ3) is 5.93. The molecule has 1 atom stereocenters. The number of carbonyl (C=O) groups is 2. The van der Waals surface area contributed by atoms with Gasteiger partial charge in [0, 0.05) is 37.1 Å². The maximum Gasteiger partial charge on any atom is 0.243 e. The van der Waals surface area contributed by atoms with E-state index in [2.05, 4.69) is 17.1 Å². The predicted molar refractivity (Wildman–Crippen MR) is 132 cm³/mol. The van der Waals surface area contributed by atoms with Gasteiger partial charge in [-0.25, -0.2) is 8.42 Å². The summed E-state index contributed by atoms with van der Waals surface area (Å²) in [5, 5.41) is 2.93. The molecule has 4 rings (SSSR count). The number of carbonyl (C=O) groups excluding carboxylic acids is 2. The lowest BCUT2D eigenvalue weighted by Gasteiger charge is -2.33. The molecule has 0 spiro atoms. The molecule has 0 aliphatic carbocycles. The molecule has 1 N–H and O–H groups in total. The lowest BCUT2D eigenvalue weighted by Crippen LogP contribution is -2.44.